The molecule has 2 aliphatic rings. The molecule has 2 saturated carbocycles. The molecule has 2 atom stereocenters. The molecule has 1 heterocycles. The molecule has 4 nitrogen and oxygen atoms in total. The Bertz CT molecular complexity index is 580. The fourth-order valence-electron chi connectivity index (χ4n) is 4.56. The van der Waals surface area contributed by atoms with Gasteiger partial charge in [-0.1, -0.05) is 20.8 Å². The van der Waals surface area contributed by atoms with Crippen molar-refractivity contribution in [2.45, 2.75) is 58.9 Å². The summed E-state index contributed by atoms with van der Waals surface area (Å²) in [7, 11) is 0. The normalized spacial score (nSPS) is 30.8. The highest BCUT2D eigenvalue weighted by Gasteiger charge is 2.49. The van der Waals surface area contributed by atoms with E-state index in [4.69, 9.17) is 0 Å². The number of pyridine rings is 1. The van der Waals surface area contributed by atoms with E-state index in [2.05, 4.69) is 31.1 Å². The summed E-state index contributed by atoms with van der Waals surface area (Å²) in [6, 6.07) is 3.28. The van der Waals surface area contributed by atoms with E-state index in [0.29, 0.717) is 5.41 Å². The van der Waals surface area contributed by atoms with Gasteiger partial charge in [0.1, 0.15) is 5.75 Å². The van der Waals surface area contributed by atoms with Crippen molar-refractivity contribution in [1.82, 2.24) is 10.3 Å². The molecule has 3 rings (SSSR count). The number of hydrogen-bond acceptors (Lipinski definition) is 3. The Labute approximate surface area is 132 Å². The van der Waals surface area contributed by atoms with Gasteiger partial charge in [0.25, 0.3) is 5.91 Å². The lowest BCUT2D eigenvalue weighted by molar-refractivity contribution is 0.0494. The minimum absolute atomic E-state index is 0.0555. The molecule has 0 aromatic carbocycles. The molecule has 0 bridgehead atoms. The van der Waals surface area contributed by atoms with Crippen LogP contribution in [-0.2, 0) is 0 Å². The second kappa shape index (κ2) is 5.25. The van der Waals surface area contributed by atoms with Crippen LogP contribution >= 0.6 is 0 Å². The number of carbonyl (C=O) groups is 1. The van der Waals surface area contributed by atoms with E-state index in [1.165, 1.54) is 31.5 Å². The third kappa shape index (κ3) is 3.11. The Morgan fingerprint density at radius 2 is 2.05 bits per heavy atom. The maximum Gasteiger partial charge on any atom is 0.273 e. The van der Waals surface area contributed by atoms with Crippen LogP contribution in [0.5, 0.6) is 5.75 Å². The summed E-state index contributed by atoms with van der Waals surface area (Å²) in [5.41, 5.74) is 0.685. The molecule has 2 unspecified atom stereocenters. The molecule has 4 heteroatoms. The quantitative estimate of drug-likeness (QED) is 0.898. The van der Waals surface area contributed by atoms with Crippen molar-refractivity contribution in [2.75, 3.05) is 0 Å². The van der Waals surface area contributed by atoms with Gasteiger partial charge in [0.15, 0.2) is 5.69 Å². The molecule has 2 N–H and O–H groups in total. The molecule has 1 aromatic heterocycles. The summed E-state index contributed by atoms with van der Waals surface area (Å²) >= 11 is 0. The first-order valence-electron chi connectivity index (χ1n) is 8.24. The van der Waals surface area contributed by atoms with Crippen LogP contribution in [-0.4, -0.2) is 22.0 Å². The van der Waals surface area contributed by atoms with E-state index in [9.17, 15) is 9.90 Å². The lowest BCUT2D eigenvalue weighted by Gasteiger charge is -2.47. The van der Waals surface area contributed by atoms with Crippen LogP contribution in [0.4, 0.5) is 0 Å². The van der Waals surface area contributed by atoms with Gasteiger partial charge in [-0.25, -0.2) is 4.98 Å². The van der Waals surface area contributed by atoms with E-state index < -0.39 is 0 Å². The lowest BCUT2D eigenvalue weighted by Crippen LogP contribution is -2.47. The van der Waals surface area contributed by atoms with Crippen molar-refractivity contribution in [3.8, 4) is 5.75 Å². The zero-order valence-corrected chi connectivity index (χ0v) is 13.7. The fraction of sp³-hybridized carbons (Fsp3) is 0.667. The van der Waals surface area contributed by atoms with Gasteiger partial charge in [0, 0.05) is 12.2 Å². The van der Waals surface area contributed by atoms with Gasteiger partial charge in [-0.15, -0.1) is 0 Å². The molecular formula is C18H26N2O2. The Kier molecular flexibility index (Phi) is 3.66. The zero-order valence-electron chi connectivity index (χ0n) is 13.7. The second-order valence-corrected chi connectivity index (χ2v) is 8.22. The van der Waals surface area contributed by atoms with Gasteiger partial charge >= 0.3 is 0 Å². The average Bonchev–Trinajstić information content (AvgIpc) is 3.21. The second-order valence-electron chi connectivity index (χ2n) is 8.22. The Balaban J connectivity index is 1.74. The molecule has 2 fully saturated rings. The molecule has 22 heavy (non-hydrogen) atoms. The molecule has 0 radical (unpaired) electrons. The van der Waals surface area contributed by atoms with Crippen molar-refractivity contribution in [2.24, 2.45) is 16.7 Å². The van der Waals surface area contributed by atoms with Crippen molar-refractivity contribution in [3.05, 3.63) is 24.0 Å². The molecular weight excluding hydrogens is 276 g/mol. The standard InChI is InChI=1S/C18H26N2O2/c1-17(2)9-13(10-18(3,11-17)12-6-7-12)20-16(22)15-14(21)5-4-8-19-15/h4-5,8,12-13,21H,6-7,9-11H2,1-3H3,(H,20,22). The first-order valence-corrected chi connectivity index (χ1v) is 8.24. The van der Waals surface area contributed by atoms with E-state index in [0.717, 1.165) is 18.8 Å². The number of aromatic nitrogens is 1. The highest BCUT2D eigenvalue weighted by molar-refractivity contribution is 5.94. The van der Waals surface area contributed by atoms with Gasteiger partial charge in [-0.3, -0.25) is 4.79 Å². The molecule has 0 saturated heterocycles. The Hall–Kier alpha value is -1.58. The molecule has 2 aliphatic carbocycles. The van der Waals surface area contributed by atoms with Gasteiger partial charge in [0.05, 0.1) is 0 Å². The van der Waals surface area contributed by atoms with Crippen molar-refractivity contribution in [1.29, 1.82) is 0 Å². The SMILES string of the molecule is CC1(C)CC(NC(=O)c2ncccc2O)CC(C)(C2CC2)C1. The van der Waals surface area contributed by atoms with Crippen LogP contribution < -0.4 is 5.32 Å². The number of carbonyl (C=O) groups excluding carboxylic acids is 1. The Morgan fingerprint density at radius 1 is 1.32 bits per heavy atom. The van der Waals surface area contributed by atoms with Crippen LogP contribution in [0.3, 0.4) is 0 Å². The average molecular weight is 302 g/mol. The summed E-state index contributed by atoms with van der Waals surface area (Å²) in [4.78, 5) is 16.4. The highest BCUT2D eigenvalue weighted by Crippen LogP contribution is 2.57. The van der Waals surface area contributed by atoms with Gasteiger partial charge in [0.2, 0.25) is 0 Å². The van der Waals surface area contributed by atoms with E-state index >= 15 is 0 Å². The zero-order chi connectivity index (χ0) is 16.0. The highest BCUT2D eigenvalue weighted by atomic mass is 16.3. The number of aromatic hydroxyl groups is 1. The number of rotatable bonds is 3. The summed E-state index contributed by atoms with van der Waals surface area (Å²) < 4.78 is 0. The molecule has 1 amide bonds. The van der Waals surface area contributed by atoms with Crippen molar-refractivity contribution in [3.63, 3.8) is 0 Å². The molecule has 0 spiro atoms. The molecule has 0 aliphatic heterocycles. The van der Waals surface area contributed by atoms with E-state index in [1.54, 1.807) is 6.07 Å². The summed E-state index contributed by atoms with van der Waals surface area (Å²) in [5.74, 6) is 0.494. The Morgan fingerprint density at radius 3 is 2.68 bits per heavy atom. The van der Waals surface area contributed by atoms with E-state index in [-0.39, 0.29) is 28.8 Å². The lowest BCUT2D eigenvalue weighted by atomic mass is 9.60. The largest absolute Gasteiger partial charge is 0.505 e. The van der Waals surface area contributed by atoms with Crippen LogP contribution in [0.25, 0.3) is 0 Å². The minimum Gasteiger partial charge on any atom is -0.505 e. The maximum absolute atomic E-state index is 12.4. The van der Waals surface area contributed by atoms with E-state index in [1.807, 2.05) is 0 Å². The van der Waals surface area contributed by atoms with Crippen LogP contribution in [0.2, 0.25) is 0 Å². The predicted octanol–water partition coefficient (Wildman–Crippen LogP) is 3.51. The number of amides is 1. The first-order chi connectivity index (χ1) is 10.3. The summed E-state index contributed by atoms with van der Waals surface area (Å²) in [6.45, 7) is 6.97. The number of nitrogens with one attached hydrogen (secondary N) is 1. The minimum atomic E-state index is -0.265. The summed E-state index contributed by atoms with van der Waals surface area (Å²) in [5, 5.41) is 12.9. The smallest absolute Gasteiger partial charge is 0.273 e. The van der Waals surface area contributed by atoms with Gasteiger partial charge in [-0.2, -0.15) is 0 Å². The molecule has 120 valence electrons. The first kappa shape index (κ1) is 15.3. The number of hydrogen-bond donors (Lipinski definition) is 2. The third-order valence-corrected chi connectivity index (χ3v) is 5.29. The number of nitrogens with zero attached hydrogens (tertiary/aromatic N) is 1. The molecule has 1 aromatic rings. The summed E-state index contributed by atoms with van der Waals surface area (Å²) in [6.07, 6.45) is 7.43. The van der Waals surface area contributed by atoms with Crippen molar-refractivity contribution >= 4 is 5.91 Å². The van der Waals surface area contributed by atoms with Gasteiger partial charge < -0.3 is 10.4 Å². The topological polar surface area (TPSA) is 62.2 Å². The predicted molar refractivity (Wildman–Crippen MR) is 85.6 cm³/mol. The fourth-order valence-corrected chi connectivity index (χ4v) is 4.56. The third-order valence-electron chi connectivity index (χ3n) is 5.29. The van der Waals surface area contributed by atoms with Crippen molar-refractivity contribution < 1.29 is 9.90 Å². The van der Waals surface area contributed by atoms with Crippen LogP contribution in [0, 0.1) is 16.7 Å². The monoisotopic (exact) mass is 302 g/mol. The maximum atomic E-state index is 12.4. The van der Waals surface area contributed by atoms with Crippen LogP contribution in [0.1, 0.15) is 63.4 Å². The van der Waals surface area contributed by atoms with Gasteiger partial charge in [-0.05, 0) is 61.0 Å². The van der Waals surface area contributed by atoms with Crippen LogP contribution in [0.15, 0.2) is 18.3 Å².